The molecule has 0 aliphatic carbocycles. The molecule has 3 N–H and O–H groups in total. The first-order valence-electron chi connectivity index (χ1n) is 5.77. The predicted molar refractivity (Wildman–Crippen MR) is 73.5 cm³/mol. The van der Waals surface area contributed by atoms with Crippen LogP contribution >= 0.6 is 11.8 Å². The van der Waals surface area contributed by atoms with Crippen LogP contribution < -0.4 is 10.5 Å². The number of benzene rings is 1. The van der Waals surface area contributed by atoms with E-state index < -0.39 is 0 Å². The second-order valence-corrected chi connectivity index (χ2v) is 5.35. The Morgan fingerprint density at radius 1 is 1.35 bits per heavy atom. The Balaban J connectivity index is 2.59. The third kappa shape index (κ3) is 4.58. The fourth-order valence-electron chi connectivity index (χ4n) is 1.45. The van der Waals surface area contributed by atoms with Gasteiger partial charge in [0.15, 0.2) is 0 Å². The van der Waals surface area contributed by atoms with E-state index >= 15 is 0 Å². The van der Waals surface area contributed by atoms with E-state index in [1.165, 1.54) is 5.56 Å². The first kappa shape index (κ1) is 14.4. The Bertz CT molecular complexity index is 316. The minimum atomic E-state index is 0.229. The van der Waals surface area contributed by atoms with Crippen molar-refractivity contribution in [3.8, 4) is 5.75 Å². The molecule has 0 aliphatic rings. The van der Waals surface area contributed by atoms with Gasteiger partial charge in [0.25, 0.3) is 0 Å². The van der Waals surface area contributed by atoms with Gasteiger partial charge in [-0.25, -0.2) is 0 Å². The first-order chi connectivity index (χ1) is 8.21. The van der Waals surface area contributed by atoms with Gasteiger partial charge in [-0.3, -0.25) is 0 Å². The summed E-state index contributed by atoms with van der Waals surface area (Å²) in [5.41, 5.74) is 7.00. The number of aliphatic hydroxyl groups is 1. The lowest BCUT2D eigenvalue weighted by Gasteiger charge is -2.17. The summed E-state index contributed by atoms with van der Waals surface area (Å²) < 4.78 is 5.13. The van der Waals surface area contributed by atoms with Gasteiger partial charge in [-0.15, -0.1) is 0 Å². The normalized spacial score (nSPS) is 14.4. The molecule has 0 heterocycles. The molecule has 1 rings (SSSR count). The zero-order valence-electron chi connectivity index (χ0n) is 10.4. The van der Waals surface area contributed by atoms with E-state index in [0.717, 1.165) is 11.5 Å². The number of nitrogens with two attached hydrogens (primary N) is 1. The number of methoxy groups -OCH3 is 1. The van der Waals surface area contributed by atoms with E-state index in [-0.39, 0.29) is 11.9 Å². The summed E-state index contributed by atoms with van der Waals surface area (Å²) in [5, 5.41) is 9.29. The monoisotopic (exact) mass is 255 g/mol. The first-order valence-corrected chi connectivity index (χ1v) is 6.82. The van der Waals surface area contributed by atoms with Crippen LogP contribution in [-0.2, 0) is 0 Å². The van der Waals surface area contributed by atoms with Crippen LogP contribution in [0.2, 0.25) is 0 Å². The lowest BCUT2D eigenvalue weighted by Crippen LogP contribution is -2.12. The Hall–Kier alpha value is -0.710. The Kier molecular flexibility index (Phi) is 6.40. The Labute approximate surface area is 107 Å². The SMILES string of the molecule is COc1ccc(C(CN)SCC(C)CO)cc1. The number of aliphatic hydroxyl groups excluding tert-OH is 1. The molecule has 1 aromatic carbocycles. The molecule has 3 nitrogen and oxygen atoms in total. The summed E-state index contributed by atoms with van der Waals surface area (Å²) in [6.45, 7) is 2.87. The van der Waals surface area contributed by atoms with Crippen LogP contribution in [-0.4, -0.2) is 31.1 Å². The molecule has 0 radical (unpaired) electrons. The van der Waals surface area contributed by atoms with Crippen LogP contribution in [0.5, 0.6) is 5.75 Å². The summed E-state index contributed by atoms with van der Waals surface area (Å²) in [7, 11) is 1.66. The van der Waals surface area contributed by atoms with Crippen LogP contribution in [0.25, 0.3) is 0 Å². The largest absolute Gasteiger partial charge is 0.497 e. The van der Waals surface area contributed by atoms with Crippen molar-refractivity contribution >= 4 is 11.8 Å². The van der Waals surface area contributed by atoms with Gasteiger partial charge in [0.1, 0.15) is 5.75 Å². The molecule has 0 amide bonds. The van der Waals surface area contributed by atoms with E-state index in [2.05, 4.69) is 0 Å². The Morgan fingerprint density at radius 3 is 2.47 bits per heavy atom. The molecule has 0 aliphatic heterocycles. The average molecular weight is 255 g/mol. The fraction of sp³-hybridized carbons (Fsp3) is 0.538. The van der Waals surface area contributed by atoms with Gasteiger partial charge in [0, 0.05) is 18.4 Å². The van der Waals surface area contributed by atoms with Crippen molar-refractivity contribution in [2.45, 2.75) is 12.2 Å². The van der Waals surface area contributed by atoms with Gasteiger partial charge in [-0.05, 0) is 29.4 Å². The van der Waals surface area contributed by atoms with Crippen LogP contribution in [0, 0.1) is 5.92 Å². The summed E-state index contributed by atoms with van der Waals surface area (Å²) in [4.78, 5) is 0. The van der Waals surface area contributed by atoms with Crippen molar-refractivity contribution in [2.75, 3.05) is 26.0 Å². The number of rotatable bonds is 7. The van der Waals surface area contributed by atoms with Crippen molar-refractivity contribution < 1.29 is 9.84 Å². The van der Waals surface area contributed by atoms with Gasteiger partial charge in [0.05, 0.1) is 7.11 Å². The quantitative estimate of drug-likeness (QED) is 0.783. The zero-order chi connectivity index (χ0) is 12.7. The van der Waals surface area contributed by atoms with E-state index in [4.69, 9.17) is 15.6 Å². The van der Waals surface area contributed by atoms with E-state index in [1.54, 1.807) is 18.9 Å². The van der Waals surface area contributed by atoms with E-state index in [0.29, 0.717) is 12.5 Å². The second kappa shape index (κ2) is 7.58. The van der Waals surface area contributed by atoms with Gasteiger partial charge in [-0.2, -0.15) is 11.8 Å². The molecule has 0 saturated heterocycles. The highest BCUT2D eigenvalue weighted by Crippen LogP contribution is 2.30. The molecule has 0 saturated carbocycles. The van der Waals surface area contributed by atoms with Crippen molar-refractivity contribution in [1.29, 1.82) is 0 Å². The van der Waals surface area contributed by atoms with Gasteiger partial charge in [-0.1, -0.05) is 19.1 Å². The summed E-state index contributed by atoms with van der Waals surface area (Å²) in [6.07, 6.45) is 0. The van der Waals surface area contributed by atoms with Gasteiger partial charge < -0.3 is 15.6 Å². The molecule has 17 heavy (non-hydrogen) atoms. The molecule has 4 heteroatoms. The van der Waals surface area contributed by atoms with Crippen molar-refractivity contribution in [3.63, 3.8) is 0 Å². The number of thioether (sulfide) groups is 1. The summed E-state index contributed by atoms with van der Waals surface area (Å²) in [6, 6.07) is 8.00. The maximum absolute atomic E-state index is 9.00. The maximum Gasteiger partial charge on any atom is 0.118 e. The zero-order valence-corrected chi connectivity index (χ0v) is 11.2. The fourth-order valence-corrected chi connectivity index (χ4v) is 2.60. The van der Waals surface area contributed by atoms with Crippen molar-refractivity contribution in [1.82, 2.24) is 0 Å². The van der Waals surface area contributed by atoms with Crippen LogP contribution in [0.3, 0.4) is 0 Å². The standard InChI is InChI=1S/C13H21NO2S/c1-10(8-15)9-17-13(7-14)11-3-5-12(16-2)6-4-11/h3-6,10,13,15H,7-9,14H2,1-2H3. The molecule has 2 unspecified atom stereocenters. The number of hydrogen-bond donors (Lipinski definition) is 2. The molecular weight excluding hydrogens is 234 g/mol. The summed E-state index contributed by atoms with van der Waals surface area (Å²) in [5.74, 6) is 2.09. The third-order valence-corrected chi connectivity index (χ3v) is 4.22. The summed E-state index contributed by atoms with van der Waals surface area (Å²) >= 11 is 1.79. The van der Waals surface area contributed by atoms with E-state index in [9.17, 15) is 0 Å². The molecule has 96 valence electrons. The lowest BCUT2D eigenvalue weighted by molar-refractivity contribution is 0.250. The molecule has 1 aromatic rings. The second-order valence-electron chi connectivity index (χ2n) is 4.12. The average Bonchev–Trinajstić information content (AvgIpc) is 2.39. The van der Waals surface area contributed by atoms with Crippen LogP contribution in [0.15, 0.2) is 24.3 Å². The molecule has 0 bridgehead atoms. The molecule has 0 aromatic heterocycles. The number of hydrogen-bond acceptors (Lipinski definition) is 4. The van der Waals surface area contributed by atoms with Crippen LogP contribution in [0.4, 0.5) is 0 Å². The Morgan fingerprint density at radius 2 is 2.00 bits per heavy atom. The predicted octanol–water partition coefficient (Wildman–Crippen LogP) is 2.06. The van der Waals surface area contributed by atoms with Gasteiger partial charge in [0.2, 0.25) is 0 Å². The number of ether oxygens (including phenoxy) is 1. The molecule has 2 atom stereocenters. The topological polar surface area (TPSA) is 55.5 Å². The highest BCUT2D eigenvalue weighted by molar-refractivity contribution is 7.99. The lowest BCUT2D eigenvalue weighted by atomic mass is 10.1. The highest BCUT2D eigenvalue weighted by Gasteiger charge is 2.12. The highest BCUT2D eigenvalue weighted by atomic mass is 32.2. The minimum Gasteiger partial charge on any atom is -0.497 e. The molecule has 0 fully saturated rings. The minimum absolute atomic E-state index is 0.229. The van der Waals surface area contributed by atoms with E-state index in [1.807, 2.05) is 31.2 Å². The van der Waals surface area contributed by atoms with Crippen LogP contribution in [0.1, 0.15) is 17.7 Å². The molecular formula is C13H21NO2S. The molecule has 0 spiro atoms. The third-order valence-electron chi connectivity index (χ3n) is 2.60. The van der Waals surface area contributed by atoms with Gasteiger partial charge >= 0.3 is 0 Å². The maximum atomic E-state index is 9.00. The van der Waals surface area contributed by atoms with Crippen molar-refractivity contribution in [2.24, 2.45) is 11.7 Å². The van der Waals surface area contributed by atoms with Crippen molar-refractivity contribution in [3.05, 3.63) is 29.8 Å². The smallest absolute Gasteiger partial charge is 0.118 e.